The summed E-state index contributed by atoms with van der Waals surface area (Å²) in [4.78, 5) is 2.56. The average molecular weight is 256 g/mol. The molecule has 0 aromatic heterocycles. The summed E-state index contributed by atoms with van der Waals surface area (Å²) in [6.45, 7) is 9.55. The van der Waals surface area contributed by atoms with E-state index >= 15 is 0 Å². The number of hydrogen-bond donors (Lipinski definition) is 1. The Bertz CT molecular complexity index is 225. The quantitative estimate of drug-likeness (QED) is 0.761. The van der Waals surface area contributed by atoms with Crippen LogP contribution >= 0.6 is 0 Å². The van der Waals surface area contributed by atoms with Gasteiger partial charge >= 0.3 is 0 Å². The van der Waals surface area contributed by atoms with Crippen LogP contribution in [0.4, 0.5) is 0 Å². The molecular weight excluding hydrogens is 224 g/mol. The lowest BCUT2D eigenvalue weighted by Crippen LogP contribution is -2.57. The molecule has 2 N–H and O–H groups in total. The van der Waals surface area contributed by atoms with Crippen molar-refractivity contribution in [3.05, 3.63) is 0 Å². The van der Waals surface area contributed by atoms with Gasteiger partial charge in [0.2, 0.25) is 0 Å². The monoisotopic (exact) mass is 256 g/mol. The van der Waals surface area contributed by atoms with Crippen molar-refractivity contribution >= 4 is 0 Å². The molecule has 0 radical (unpaired) electrons. The van der Waals surface area contributed by atoms with E-state index in [1.165, 1.54) is 32.1 Å². The fraction of sp³-hybridized carbons (Fsp3) is 1.00. The van der Waals surface area contributed by atoms with Gasteiger partial charge in [-0.2, -0.15) is 0 Å². The first kappa shape index (κ1) is 15.9. The molecule has 0 spiro atoms. The van der Waals surface area contributed by atoms with Crippen molar-refractivity contribution < 1.29 is 4.74 Å². The second kappa shape index (κ2) is 7.46. The predicted molar refractivity (Wildman–Crippen MR) is 77.8 cm³/mol. The van der Waals surface area contributed by atoms with Crippen LogP contribution in [0, 0.1) is 5.92 Å². The molecule has 3 nitrogen and oxygen atoms in total. The Morgan fingerprint density at radius 2 is 1.94 bits per heavy atom. The van der Waals surface area contributed by atoms with E-state index in [1.54, 1.807) is 7.11 Å². The molecule has 3 heteroatoms. The Morgan fingerprint density at radius 3 is 2.33 bits per heavy atom. The molecule has 0 aromatic rings. The van der Waals surface area contributed by atoms with Crippen molar-refractivity contribution in [2.24, 2.45) is 11.7 Å². The smallest absolute Gasteiger partial charge is 0.0670 e. The van der Waals surface area contributed by atoms with Gasteiger partial charge in [-0.15, -0.1) is 0 Å². The maximum absolute atomic E-state index is 6.14. The van der Waals surface area contributed by atoms with Crippen molar-refractivity contribution in [2.75, 3.05) is 26.7 Å². The molecule has 1 fully saturated rings. The Labute approximate surface area is 113 Å². The van der Waals surface area contributed by atoms with Crippen LogP contribution in [0.1, 0.15) is 52.9 Å². The molecule has 108 valence electrons. The van der Waals surface area contributed by atoms with E-state index in [9.17, 15) is 0 Å². The van der Waals surface area contributed by atoms with Crippen LogP contribution in [-0.2, 0) is 4.74 Å². The first-order valence-corrected chi connectivity index (χ1v) is 7.59. The van der Waals surface area contributed by atoms with E-state index in [4.69, 9.17) is 10.5 Å². The largest absolute Gasteiger partial charge is 0.380 e. The minimum atomic E-state index is 0.229. The SMILES string of the molecule is CCC1CCC(CN)(N(CC)CC(C)OC)CC1. The van der Waals surface area contributed by atoms with Gasteiger partial charge in [0.15, 0.2) is 0 Å². The second-order valence-electron chi connectivity index (χ2n) is 5.87. The number of rotatable bonds is 7. The highest BCUT2D eigenvalue weighted by Crippen LogP contribution is 2.37. The first-order valence-electron chi connectivity index (χ1n) is 7.59. The summed E-state index contributed by atoms with van der Waals surface area (Å²) in [5, 5.41) is 0. The molecule has 0 heterocycles. The highest BCUT2D eigenvalue weighted by molar-refractivity contribution is 4.96. The van der Waals surface area contributed by atoms with Gasteiger partial charge in [0.25, 0.3) is 0 Å². The minimum Gasteiger partial charge on any atom is -0.380 e. The third kappa shape index (κ3) is 3.69. The van der Waals surface area contributed by atoms with E-state index in [0.717, 1.165) is 25.6 Å². The normalized spacial score (nSPS) is 30.7. The Morgan fingerprint density at radius 1 is 1.33 bits per heavy atom. The van der Waals surface area contributed by atoms with Crippen molar-refractivity contribution in [3.8, 4) is 0 Å². The van der Waals surface area contributed by atoms with Crippen LogP contribution < -0.4 is 5.73 Å². The van der Waals surface area contributed by atoms with Crippen LogP contribution in [-0.4, -0.2) is 43.3 Å². The molecular formula is C15H32N2O. The molecule has 0 amide bonds. The lowest BCUT2D eigenvalue weighted by atomic mass is 9.74. The van der Waals surface area contributed by atoms with Crippen LogP contribution in [0.3, 0.4) is 0 Å². The fourth-order valence-corrected chi connectivity index (χ4v) is 3.32. The van der Waals surface area contributed by atoms with Crippen LogP contribution in [0.5, 0.6) is 0 Å². The third-order valence-electron chi connectivity index (χ3n) is 4.93. The maximum atomic E-state index is 6.14. The Balaban J connectivity index is 2.67. The topological polar surface area (TPSA) is 38.5 Å². The summed E-state index contributed by atoms with van der Waals surface area (Å²) < 4.78 is 5.42. The Kier molecular flexibility index (Phi) is 6.61. The van der Waals surface area contributed by atoms with Crippen LogP contribution in [0.15, 0.2) is 0 Å². The lowest BCUT2D eigenvalue weighted by molar-refractivity contribution is -0.000156. The summed E-state index contributed by atoms with van der Waals surface area (Å²) in [6, 6.07) is 0. The van der Waals surface area contributed by atoms with Gasteiger partial charge in [-0.25, -0.2) is 0 Å². The molecule has 1 rings (SSSR count). The maximum Gasteiger partial charge on any atom is 0.0670 e. The van der Waals surface area contributed by atoms with Crippen LogP contribution in [0.25, 0.3) is 0 Å². The third-order valence-corrected chi connectivity index (χ3v) is 4.93. The number of ether oxygens (including phenoxy) is 1. The number of hydrogen-bond acceptors (Lipinski definition) is 3. The van der Waals surface area contributed by atoms with E-state index in [1.807, 2.05) is 0 Å². The number of methoxy groups -OCH3 is 1. The molecule has 0 saturated heterocycles. The summed E-state index contributed by atoms with van der Waals surface area (Å²) in [5.41, 5.74) is 6.37. The standard InChI is InChI=1S/C15H32N2O/c1-5-14-7-9-15(12-16,10-8-14)17(6-2)11-13(3)18-4/h13-14H,5-12,16H2,1-4H3. The van der Waals surface area contributed by atoms with Gasteiger partial charge in [0.05, 0.1) is 6.10 Å². The zero-order valence-electron chi connectivity index (χ0n) is 12.7. The second-order valence-corrected chi connectivity index (χ2v) is 5.87. The van der Waals surface area contributed by atoms with Gasteiger partial charge < -0.3 is 10.5 Å². The first-order chi connectivity index (χ1) is 8.61. The van der Waals surface area contributed by atoms with Gasteiger partial charge in [-0.1, -0.05) is 20.3 Å². The number of nitrogens with zero attached hydrogens (tertiary/aromatic N) is 1. The fourth-order valence-electron chi connectivity index (χ4n) is 3.32. The van der Waals surface area contributed by atoms with Crippen molar-refractivity contribution in [1.82, 2.24) is 4.90 Å². The zero-order valence-corrected chi connectivity index (χ0v) is 12.7. The Hall–Kier alpha value is -0.120. The van der Waals surface area contributed by atoms with E-state index in [-0.39, 0.29) is 11.6 Å². The van der Waals surface area contributed by atoms with Gasteiger partial charge in [-0.05, 0) is 45.1 Å². The minimum absolute atomic E-state index is 0.229. The highest BCUT2D eigenvalue weighted by atomic mass is 16.5. The molecule has 0 bridgehead atoms. The zero-order chi connectivity index (χ0) is 13.6. The molecule has 1 atom stereocenters. The average Bonchev–Trinajstić information content (AvgIpc) is 2.44. The van der Waals surface area contributed by atoms with Crippen molar-refractivity contribution in [3.63, 3.8) is 0 Å². The summed E-state index contributed by atoms with van der Waals surface area (Å²) >= 11 is 0. The highest BCUT2D eigenvalue weighted by Gasteiger charge is 2.38. The number of nitrogens with two attached hydrogens (primary N) is 1. The summed E-state index contributed by atoms with van der Waals surface area (Å²) in [6.07, 6.45) is 6.80. The van der Waals surface area contributed by atoms with Crippen molar-refractivity contribution in [1.29, 1.82) is 0 Å². The van der Waals surface area contributed by atoms with E-state index in [2.05, 4.69) is 25.7 Å². The molecule has 1 aliphatic carbocycles. The predicted octanol–water partition coefficient (Wildman–Crippen LogP) is 2.64. The molecule has 0 aromatic carbocycles. The number of likely N-dealkylation sites (N-methyl/N-ethyl adjacent to an activating group) is 1. The molecule has 0 aliphatic heterocycles. The van der Waals surface area contributed by atoms with Crippen LogP contribution in [0.2, 0.25) is 0 Å². The van der Waals surface area contributed by atoms with Gasteiger partial charge in [-0.3, -0.25) is 4.90 Å². The molecule has 18 heavy (non-hydrogen) atoms. The van der Waals surface area contributed by atoms with E-state index in [0.29, 0.717) is 0 Å². The van der Waals surface area contributed by atoms with Gasteiger partial charge in [0, 0.05) is 25.7 Å². The lowest BCUT2D eigenvalue weighted by Gasteiger charge is -2.48. The van der Waals surface area contributed by atoms with Gasteiger partial charge in [0.1, 0.15) is 0 Å². The van der Waals surface area contributed by atoms with Crippen molar-refractivity contribution in [2.45, 2.75) is 64.5 Å². The molecule has 1 unspecified atom stereocenters. The molecule has 1 aliphatic rings. The molecule has 1 saturated carbocycles. The summed E-state index contributed by atoms with van der Waals surface area (Å²) in [7, 11) is 1.79. The summed E-state index contributed by atoms with van der Waals surface area (Å²) in [5.74, 6) is 0.920. The van der Waals surface area contributed by atoms with E-state index < -0.39 is 0 Å².